The monoisotopic (exact) mass is 623 g/mol. The fourth-order valence-corrected chi connectivity index (χ4v) is 5.55. The Kier molecular flexibility index (Phi) is 11.4. The maximum absolute atomic E-state index is 13.9. The molecule has 214 valence electrons. The van der Waals surface area contributed by atoms with Gasteiger partial charge in [-0.1, -0.05) is 78.1 Å². The highest BCUT2D eigenvalue weighted by Gasteiger charge is 2.33. The van der Waals surface area contributed by atoms with Gasteiger partial charge in [-0.15, -0.1) is 0 Å². The highest BCUT2D eigenvalue weighted by molar-refractivity contribution is 7.89. The van der Waals surface area contributed by atoms with E-state index in [1.807, 2.05) is 44.2 Å². The summed E-state index contributed by atoms with van der Waals surface area (Å²) in [6.07, 6.45) is 0.927. The van der Waals surface area contributed by atoms with Crippen molar-refractivity contribution in [1.82, 2.24) is 14.5 Å². The molecule has 11 heteroatoms. The summed E-state index contributed by atoms with van der Waals surface area (Å²) in [4.78, 5) is 28.9. The van der Waals surface area contributed by atoms with E-state index in [2.05, 4.69) is 5.32 Å². The van der Waals surface area contributed by atoms with E-state index in [9.17, 15) is 18.0 Å². The van der Waals surface area contributed by atoms with Crippen LogP contribution in [-0.4, -0.2) is 55.1 Å². The molecule has 0 saturated carbocycles. The van der Waals surface area contributed by atoms with Crippen LogP contribution in [0.4, 0.5) is 0 Å². The molecule has 0 spiro atoms. The maximum Gasteiger partial charge on any atom is 0.243 e. The summed E-state index contributed by atoms with van der Waals surface area (Å²) < 4.78 is 27.4. The zero-order valence-corrected chi connectivity index (χ0v) is 25.6. The van der Waals surface area contributed by atoms with Crippen molar-refractivity contribution in [2.45, 2.75) is 50.2 Å². The predicted octanol–water partition coefficient (Wildman–Crippen LogP) is 5.82. The van der Waals surface area contributed by atoms with Crippen molar-refractivity contribution in [3.63, 3.8) is 0 Å². The van der Waals surface area contributed by atoms with Crippen LogP contribution in [0.5, 0.6) is 0 Å². The molecule has 0 bridgehead atoms. The molecule has 3 aromatic rings. The summed E-state index contributed by atoms with van der Waals surface area (Å²) in [7, 11) is -2.69. The van der Waals surface area contributed by atoms with Gasteiger partial charge < -0.3 is 10.2 Å². The molecule has 2 atom stereocenters. The summed E-state index contributed by atoms with van der Waals surface area (Å²) in [5, 5.41) is 4.03. The van der Waals surface area contributed by atoms with Crippen molar-refractivity contribution in [1.29, 1.82) is 0 Å². The zero-order chi connectivity index (χ0) is 29.4. The van der Waals surface area contributed by atoms with Gasteiger partial charge in [0.25, 0.3) is 0 Å². The Morgan fingerprint density at radius 2 is 1.55 bits per heavy atom. The number of hydrogen-bond donors (Lipinski definition) is 1. The van der Waals surface area contributed by atoms with Crippen LogP contribution in [0.2, 0.25) is 15.1 Å². The third-order valence-corrected chi connectivity index (χ3v) is 9.30. The minimum atomic E-state index is -4.01. The number of carbonyl (C=O) groups excluding carboxylic acids is 2. The molecule has 3 rings (SSSR count). The van der Waals surface area contributed by atoms with Gasteiger partial charge in [0.1, 0.15) is 6.04 Å². The first-order valence-corrected chi connectivity index (χ1v) is 15.3. The molecule has 0 aliphatic rings. The van der Waals surface area contributed by atoms with Crippen LogP contribution in [0.25, 0.3) is 0 Å². The van der Waals surface area contributed by atoms with Gasteiger partial charge in [0.2, 0.25) is 21.8 Å². The molecular weight excluding hydrogens is 593 g/mol. The van der Waals surface area contributed by atoms with Crippen LogP contribution >= 0.6 is 34.8 Å². The molecule has 0 fully saturated rings. The number of carbonyl (C=O) groups is 2. The van der Waals surface area contributed by atoms with Gasteiger partial charge >= 0.3 is 0 Å². The number of nitrogens with zero attached hydrogens (tertiary/aromatic N) is 2. The topological polar surface area (TPSA) is 86.8 Å². The normalized spacial score (nSPS) is 13.1. The molecule has 7 nitrogen and oxygen atoms in total. The van der Waals surface area contributed by atoms with E-state index in [0.717, 1.165) is 9.87 Å². The average molecular weight is 625 g/mol. The lowest BCUT2D eigenvalue weighted by Gasteiger charge is -2.33. The second-order valence-electron chi connectivity index (χ2n) is 9.51. The molecule has 0 unspecified atom stereocenters. The van der Waals surface area contributed by atoms with E-state index in [-0.39, 0.29) is 29.8 Å². The molecule has 3 aromatic carbocycles. The van der Waals surface area contributed by atoms with Crippen LogP contribution in [0, 0.1) is 0 Å². The Bertz CT molecular complexity index is 1420. The Hall–Kier alpha value is -2.62. The number of likely N-dealkylation sites (N-methyl/N-ethyl adjacent to an activating group) is 1. The van der Waals surface area contributed by atoms with Crippen molar-refractivity contribution in [3.8, 4) is 0 Å². The standard InChI is InChI=1S/C29H32Cl3N3O4S/c1-4-20(2)33-29(37)27(17-21-8-6-5-7-9-21)35(18-22-10-15-25(31)26(32)16-22)28(36)19-34(3)40(38,39)24-13-11-23(30)12-14-24/h5-16,20,27H,4,17-19H2,1-3H3,(H,33,37)/t20-,27+/m0/s1. The van der Waals surface area contributed by atoms with Crippen molar-refractivity contribution >= 4 is 56.6 Å². The minimum absolute atomic E-state index is 0.00131. The van der Waals surface area contributed by atoms with Crippen LogP contribution < -0.4 is 5.32 Å². The summed E-state index contributed by atoms with van der Waals surface area (Å²) >= 11 is 18.3. The molecule has 0 aliphatic carbocycles. The van der Waals surface area contributed by atoms with Gasteiger partial charge in [-0.2, -0.15) is 4.31 Å². The van der Waals surface area contributed by atoms with Gasteiger partial charge in [-0.3, -0.25) is 9.59 Å². The van der Waals surface area contributed by atoms with E-state index in [1.165, 1.54) is 36.2 Å². The first-order chi connectivity index (χ1) is 18.9. The van der Waals surface area contributed by atoms with Crippen molar-refractivity contribution in [2.24, 2.45) is 0 Å². The molecule has 0 aliphatic heterocycles. The Labute approximate surface area is 251 Å². The van der Waals surface area contributed by atoms with Crippen molar-refractivity contribution in [2.75, 3.05) is 13.6 Å². The van der Waals surface area contributed by atoms with Gasteiger partial charge in [-0.05, 0) is 60.9 Å². The SMILES string of the molecule is CC[C@H](C)NC(=O)[C@@H](Cc1ccccc1)N(Cc1ccc(Cl)c(Cl)c1)C(=O)CN(C)S(=O)(=O)c1ccc(Cl)cc1. The third-order valence-electron chi connectivity index (χ3n) is 6.49. The summed E-state index contributed by atoms with van der Waals surface area (Å²) in [5.74, 6) is -0.888. The predicted molar refractivity (Wildman–Crippen MR) is 160 cm³/mol. The molecule has 2 amide bonds. The largest absolute Gasteiger partial charge is 0.352 e. The Balaban J connectivity index is 2.00. The maximum atomic E-state index is 13.9. The van der Waals surface area contributed by atoms with E-state index < -0.39 is 28.5 Å². The summed E-state index contributed by atoms with van der Waals surface area (Å²) in [6.45, 7) is 3.35. The van der Waals surface area contributed by atoms with Gasteiger partial charge in [0.15, 0.2) is 0 Å². The number of halogens is 3. The van der Waals surface area contributed by atoms with Crippen molar-refractivity contribution in [3.05, 3.63) is 99.0 Å². The number of nitrogens with one attached hydrogen (secondary N) is 1. The lowest BCUT2D eigenvalue weighted by atomic mass is 10.0. The van der Waals surface area contributed by atoms with Crippen molar-refractivity contribution < 1.29 is 18.0 Å². The molecule has 0 heterocycles. The number of sulfonamides is 1. The molecule has 0 saturated heterocycles. The molecule has 0 radical (unpaired) electrons. The zero-order valence-electron chi connectivity index (χ0n) is 22.5. The van der Waals surface area contributed by atoms with E-state index >= 15 is 0 Å². The first kappa shape index (κ1) is 31.9. The van der Waals surface area contributed by atoms with E-state index in [1.54, 1.807) is 18.2 Å². The van der Waals surface area contributed by atoms with E-state index in [4.69, 9.17) is 34.8 Å². The fourth-order valence-electron chi connectivity index (χ4n) is 3.98. The van der Waals surface area contributed by atoms with Gasteiger partial charge in [0, 0.05) is 31.1 Å². The number of hydrogen-bond acceptors (Lipinski definition) is 4. The second-order valence-corrected chi connectivity index (χ2v) is 12.8. The highest BCUT2D eigenvalue weighted by Crippen LogP contribution is 2.25. The van der Waals surface area contributed by atoms with Gasteiger partial charge in [-0.25, -0.2) is 8.42 Å². The van der Waals surface area contributed by atoms with Crippen LogP contribution in [0.1, 0.15) is 31.4 Å². The van der Waals surface area contributed by atoms with Crippen LogP contribution in [0.15, 0.2) is 77.7 Å². The van der Waals surface area contributed by atoms with Gasteiger partial charge in [0.05, 0.1) is 21.5 Å². The molecule has 0 aromatic heterocycles. The second kappa shape index (κ2) is 14.3. The minimum Gasteiger partial charge on any atom is -0.352 e. The quantitative estimate of drug-likeness (QED) is 0.275. The Morgan fingerprint density at radius 1 is 0.900 bits per heavy atom. The summed E-state index contributed by atoms with van der Waals surface area (Å²) in [5.41, 5.74) is 1.49. The number of rotatable bonds is 12. The molecular formula is C29H32Cl3N3O4S. The highest BCUT2D eigenvalue weighted by atomic mass is 35.5. The first-order valence-electron chi connectivity index (χ1n) is 12.7. The van der Waals surface area contributed by atoms with Crippen LogP contribution in [-0.2, 0) is 32.6 Å². The average Bonchev–Trinajstić information content (AvgIpc) is 2.93. The lowest BCUT2D eigenvalue weighted by molar-refractivity contribution is -0.141. The summed E-state index contributed by atoms with van der Waals surface area (Å²) in [6, 6.07) is 18.9. The number of amides is 2. The number of benzene rings is 3. The van der Waals surface area contributed by atoms with Crippen LogP contribution in [0.3, 0.4) is 0 Å². The fraction of sp³-hybridized carbons (Fsp3) is 0.310. The van der Waals surface area contributed by atoms with E-state index in [0.29, 0.717) is 27.1 Å². The molecule has 1 N–H and O–H groups in total. The molecule has 40 heavy (non-hydrogen) atoms. The smallest absolute Gasteiger partial charge is 0.243 e. The lowest BCUT2D eigenvalue weighted by Crippen LogP contribution is -2.54. The third kappa shape index (κ3) is 8.44. The Morgan fingerprint density at radius 3 is 2.15 bits per heavy atom.